The van der Waals surface area contributed by atoms with Gasteiger partial charge in [0.05, 0.1) is 16.6 Å². The Morgan fingerprint density at radius 1 is 1.24 bits per heavy atom. The number of likely N-dealkylation sites (tertiary alicyclic amines) is 1. The number of rotatable bonds is 1. The van der Waals surface area contributed by atoms with E-state index in [0.29, 0.717) is 17.7 Å². The maximum Gasteiger partial charge on any atom is 0.301 e. The zero-order valence-electron chi connectivity index (χ0n) is 10.7. The predicted octanol–water partition coefficient (Wildman–Crippen LogP) is 3.03. The highest BCUT2D eigenvalue weighted by molar-refractivity contribution is 9.10. The van der Waals surface area contributed by atoms with E-state index in [0.717, 1.165) is 9.37 Å². The van der Waals surface area contributed by atoms with Gasteiger partial charge in [-0.05, 0) is 36.8 Å². The van der Waals surface area contributed by atoms with Gasteiger partial charge in [0.1, 0.15) is 0 Å². The first-order chi connectivity index (χ1) is 10.0. The molecule has 1 aromatic carbocycles. The van der Waals surface area contributed by atoms with Crippen LogP contribution in [0.4, 0.5) is 0 Å². The van der Waals surface area contributed by atoms with Crippen LogP contribution < -0.4 is 0 Å². The van der Waals surface area contributed by atoms with E-state index in [1.165, 1.54) is 0 Å². The Hall–Kier alpha value is -1.72. The molecular formula is C15H9BrClNO3. The van der Waals surface area contributed by atoms with Crippen LogP contribution in [0.25, 0.3) is 0 Å². The molecule has 0 radical (unpaired) electrons. The molecule has 1 atom stereocenters. The second-order valence-electron chi connectivity index (χ2n) is 4.74. The van der Waals surface area contributed by atoms with Gasteiger partial charge in [-0.1, -0.05) is 33.6 Å². The lowest BCUT2D eigenvalue weighted by Crippen LogP contribution is -2.33. The van der Waals surface area contributed by atoms with E-state index in [-0.39, 0.29) is 5.03 Å². The highest BCUT2D eigenvalue weighted by atomic mass is 79.9. The Kier molecular flexibility index (Phi) is 3.55. The zero-order chi connectivity index (χ0) is 15.1. The molecule has 1 aliphatic carbocycles. The van der Waals surface area contributed by atoms with Gasteiger partial charge >= 0.3 is 5.91 Å². The minimum absolute atomic E-state index is 0.260. The van der Waals surface area contributed by atoms with Crippen molar-refractivity contribution in [3.8, 4) is 0 Å². The first kappa shape index (κ1) is 14.2. The molecule has 0 bridgehead atoms. The average molecular weight is 367 g/mol. The standard InChI is InChI=1S/C15H9BrClNO3/c16-9-6-4-8(5-7-9)14(20)18-12-10(13(19)15(18)21)2-1-3-11(12)17/h1,3-7,10H,2H2. The molecule has 3 rings (SSSR count). The number of halogens is 2. The molecule has 4 nitrogen and oxygen atoms in total. The van der Waals surface area contributed by atoms with E-state index in [2.05, 4.69) is 15.9 Å². The van der Waals surface area contributed by atoms with Gasteiger partial charge in [-0.2, -0.15) is 0 Å². The Morgan fingerprint density at radius 3 is 2.57 bits per heavy atom. The topological polar surface area (TPSA) is 54.5 Å². The molecule has 1 heterocycles. The number of imide groups is 1. The van der Waals surface area contributed by atoms with Crippen LogP contribution in [0.3, 0.4) is 0 Å². The number of ketones is 1. The molecule has 0 saturated carbocycles. The van der Waals surface area contributed by atoms with E-state index in [9.17, 15) is 14.4 Å². The first-order valence-electron chi connectivity index (χ1n) is 6.25. The minimum atomic E-state index is -0.815. The van der Waals surface area contributed by atoms with Crippen LogP contribution in [-0.4, -0.2) is 22.5 Å². The van der Waals surface area contributed by atoms with Gasteiger partial charge in [0.2, 0.25) is 5.78 Å². The number of amides is 2. The molecule has 0 aromatic heterocycles. The normalized spacial score (nSPS) is 21.0. The fourth-order valence-electron chi connectivity index (χ4n) is 2.46. The summed E-state index contributed by atoms with van der Waals surface area (Å²) < 4.78 is 0.818. The van der Waals surface area contributed by atoms with Crippen molar-refractivity contribution in [3.05, 3.63) is 57.2 Å². The molecule has 6 heteroatoms. The van der Waals surface area contributed by atoms with Crippen molar-refractivity contribution >= 4 is 45.1 Å². The summed E-state index contributed by atoms with van der Waals surface area (Å²) in [6.45, 7) is 0. The lowest BCUT2D eigenvalue weighted by molar-refractivity contribution is -0.139. The van der Waals surface area contributed by atoms with Crippen LogP contribution in [0.15, 0.2) is 51.6 Å². The number of Topliss-reactive ketones (excluding diaryl/α,β-unsaturated/α-hetero) is 1. The average Bonchev–Trinajstić information content (AvgIpc) is 2.73. The quantitative estimate of drug-likeness (QED) is 0.567. The third-order valence-corrected chi connectivity index (χ3v) is 4.32. The summed E-state index contributed by atoms with van der Waals surface area (Å²) in [5, 5.41) is 0.260. The van der Waals surface area contributed by atoms with Crippen molar-refractivity contribution in [2.45, 2.75) is 6.42 Å². The summed E-state index contributed by atoms with van der Waals surface area (Å²) in [6.07, 6.45) is 3.73. The van der Waals surface area contributed by atoms with Gasteiger partial charge in [0.25, 0.3) is 5.91 Å². The summed E-state index contributed by atoms with van der Waals surface area (Å²) in [4.78, 5) is 37.6. The third kappa shape index (κ3) is 2.26. The molecule has 106 valence electrons. The van der Waals surface area contributed by atoms with Crippen LogP contribution in [0, 0.1) is 5.92 Å². The lowest BCUT2D eigenvalue weighted by atomic mass is 9.96. The Labute approximate surface area is 134 Å². The molecule has 2 amide bonds. The second-order valence-corrected chi connectivity index (χ2v) is 6.06. The van der Waals surface area contributed by atoms with Gasteiger partial charge in [0, 0.05) is 10.0 Å². The van der Waals surface area contributed by atoms with E-state index in [1.54, 1.807) is 36.4 Å². The zero-order valence-corrected chi connectivity index (χ0v) is 13.0. The molecule has 2 aliphatic rings. The number of carbonyl (C=O) groups is 3. The molecule has 21 heavy (non-hydrogen) atoms. The Balaban J connectivity index is 2.06. The molecule has 1 aromatic rings. The van der Waals surface area contributed by atoms with Gasteiger partial charge < -0.3 is 0 Å². The first-order valence-corrected chi connectivity index (χ1v) is 7.42. The molecule has 0 spiro atoms. The smallest absolute Gasteiger partial charge is 0.288 e. The summed E-state index contributed by atoms with van der Waals surface area (Å²) in [5.41, 5.74) is 0.619. The number of hydrogen-bond donors (Lipinski definition) is 0. The molecule has 1 saturated heterocycles. The summed E-state index contributed by atoms with van der Waals surface area (Å²) in [5.74, 6) is -2.58. The van der Waals surface area contributed by atoms with Crippen LogP contribution in [0.2, 0.25) is 0 Å². The minimum Gasteiger partial charge on any atom is -0.288 e. The number of hydrogen-bond acceptors (Lipinski definition) is 3. The number of benzene rings is 1. The van der Waals surface area contributed by atoms with Crippen molar-refractivity contribution in [1.29, 1.82) is 0 Å². The number of allylic oxidation sites excluding steroid dienone is 4. The molecule has 1 unspecified atom stereocenters. The Morgan fingerprint density at radius 2 is 1.90 bits per heavy atom. The van der Waals surface area contributed by atoms with Gasteiger partial charge in [-0.3, -0.25) is 14.4 Å². The fourth-order valence-corrected chi connectivity index (χ4v) is 3.03. The highest BCUT2D eigenvalue weighted by Crippen LogP contribution is 2.37. The Bertz CT molecular complexity index is 721. The van der Waals surface area contributed by atoms with Crippen molar-refractivity contribution in [2.24, 2.45) is 5.92 Å². The van der Waals surface area contributed by atoms with Crippen LogP contribution in [0.1, 0.15) is 16.8 Å². The van der Waals surface area contributed by atoms with Crippen LogP contribution in [0.5, 0.6) is 0 Å². The highest BCUT2D eigenvalue weighted by Gasteiger charge is 2.48. The SMILES string of the molecule is O=C1C(=O)N(C(=O)c2ccc(Br)cc2)C2=C(Cl)C=CCC12. The summed E-state index contributed by atoms with van der Waals surface area (Å²) in [6, 6.07) is 6.57. The van der Waals surface area contributed by atoms with Crippen molar-refractivity contribution in [1.82, 2.24) is 4.90 Å². The number of nitrogens with zero attached hydrogens (tertiary/aromatic N) is 1. The maximum atomic E-state index is 12.5. The summed E-state index contributed by atoms with van der Waals surface area (Å²) >= 11 is 9.37. The van der Waals surface area contributed by atoms with E-state index >= 15 is 0 Å². The van der Waals surface area contributed by atoms with Gasteiger partial charge in [-0.25, -0.2) is 4.90 Å². The molecule has 1 fully saturated rings. The molecule has 0 N–H and O–H groups in total. The van der Waals surface area contributed by atoms with Gasteiger partial charge in [-0.15, -0.1) is 0 Å². The predicted molar refractivity (Wildman–Crippen MR) is 80.5 cm³/mol. The largest absolute Gasteiger partial charge is 0.301 e. The van der Waals surface area contributed by atoms with Crippen molar-refractivity contribution < 1.29 is 14.4 Å². The van der Waals surface area contributed by atoms with Crippen molar-refractivity contribution in [2.75, 3.05) is 0 Å². The number of carbonyl (C=O) groups excluding carboxylic acids is 3. The summed E-state index contributed by atoms with van der Waals surface area (Å²) in [7, 11) is 0. The monoisotopic (exact) mass is 365 g/mol. The van der Waals surface area contributed by atoms with E-state index in [4.69, 9.17) is 11.6 Å². The van der Waals surface area contributed by atoms with Crippen LogP contribution in [-0.2, 0) is 9.59 Å². The molecule has 1 aliphatic heterocycles. The van der Waals surface area contributed by atoms with Crippen LogP contribution >= 0.6 is 27.5 Å². The maximum absolute atomic E-state index is 12.5. The van der Waals surface area contributed by atoms with E-state index in [1.807, 2.05) is 0 Å². The fraction of sp³-hybridized carbons (Fsp3) is 0.133. The van der Waals surface area contributed by atoms with E-state index < -0.39 is 23.5 Å². The third-order valence-electron chi connectivity index (χ3n) is 3.48. The van der Waals surface area contributed by atoms with Crippen molar-refractivity contribution in [3.63, 3.8) is 0 Å². The van der Waals surface area contributed by atoms with Gasteiger partial charge in [0.15, 0.2) is 0 Å². The lowest BCUT2D eigenvalue weighted by Gasteiger charge is -2.20. The second kappa shape index (κ2) is 5.24. The molecular weight excluding hydrogens is 358 g/mol. The number of fused-ring (bicyclic) bond motifs is 1.